The zero-order chi connectivity index (χ0) is 7.40. The molecule has 0 saturated carbocycles. The molecular formula is C9H10O. The van der Waals surface area contributed by atoms with Crippen molar-refractivity contribution in [2.45, 2.75) is 6.92 Å². The molecule has 0 aromatic rings. The van der Waals surface area contributed by atoms with E-state index in [0.717, 1.165) is 0 Å². The minimum atomic E-state index is -0.00352. The molecule has 0 bridgehead atoms. The number of rotatable bonds is 2. The van der Waals surface area contributed by atoms with Gasteiger partial charge in [0.25, 0.3) is 0 Å². The van der Waals surface area contributed by atoms with Crippen molar-refractivity contribution in [1.82, 2.24) is 0 Å². The lowest BCUT2D eigenvalue weighted by molar-refractivity contribution is -0.115. The van der Waals surface area contributed by atoms with Gasteiger partial charge in [-0.2, -0.15) is 0 Å². The van der Waals surface area contributed by atoms with E-state index < -0.39 is 0 Å². The van der Waals surface area contributed by atoms with Crippen LogP contribution >= 0.6 is 0 Å². The van der Waals surface area contributed by atoms with E-state index in [1.165, 1.54) is 0 Å². The summed E-state index contributed by atoms with van der Waals surface area (Å²) < 4.78 is 0. The second-order valence-corrected chi connectivity index (χ2v) is 2.20. The van der Waals surface area contributed by atoms with Crippen LogP contribution in [0.1, 0.15) is 6.92 Å². The van der Waals surface area contributed by atoms with Crippen molar-refractivity contribution < 1.29 is 4.79 Å². The minimum absolute atomic E-state index is 0.00352. The summed E-state index contributed by atoms with van der Waals surface area (Å²) in [6.45, 7) is 1.85. The first-order valence-electron chi connectivity index (χ1n) is 3.36. The molecular weight excluding hydrogens is 124 g/mol. The van der Waals surface area contributed by atoms with Gasteiger partial charge in [-0.05, 0) is 13.0 Å². The molecule has 1 nitrogen and oxygen atoms in total. The first-order valence-corrected chi connectivity index (χ1v) is 3.36. The van der Waals surface area contributed by atoms with Crippen LogP contribution in [-0.2, 0) is 4.79 Å². The Morgan fingerprint density at radius 2 is 2.00 bits per heavy atom. The second kappa shape index (κ2) is 3.16. The molecule has 0 saturated heterocycles. The van der Waals surface area contributed by atoms with Gasteiger partial charge >= 0.3 is 0 Å². The van der Waals surface area contributed by atoms with Gasteiger partial charge in [0.1, 0.15) is 0 Å². The van der Waals surface area contributed by atoms with Crippen molar-refractivity contribution in [3.05, 3.63) is 36.5 Å². The molecule has 10 heavy (non-hydrogen) atoms. The Morgan fingerprint density at radius 1 is 1.40 bits per heavy atom. The summed E-state index contributed by atoms with van der Waals surface area (Å²) in [7, 11) is 0. The Morgan fingerprint density at radius 3 is 2.50 bits per heavy atom. The monoisotopic (exact) mass is 134 g/mol. The smallest absolute Gasteiger partial charge is 0.165 e. The number of carbonyl (C=O) groups is 1. The molecule has 0 spiro atoms. The Labute approximate surface area is 60.7 Å². The average Bonchev–Trinajstić information content (AvgIpc) is 2.38. The van der Waals surface area contributed by atoms with E-state index in [9.17, 15) is 4.79 Å². The molecule has 0 amide bonds. The molecule has 0 unspecified atom stereocenters. The van der Waals surface area contributed by atoms with E-state index >= 15 is 0 Å². The van der Waals surface area contributed by atoms with Gasteiger partial charge in [0, 0.05) is 0 Å². The maximum atomic E-state index is 11.1. The van der Waals surface area contributed by atoms with Crippen LogP contribution in [0.25, 0.3) is 0 Å². The van der Waals surface area contributed by atoms with Crippen molar-refractivity contribution in [3.63, 3.8) is 0 Å². The fourth-order valence-electron chi connectivity index (χ4n) is 0.897. The van der Waals surface area contributed by atoms with Crippen molar-refractivity contribution in [1.29, 1.82) is 0 Å². The second-order valence-electron chi connectivity index (χ2n) is 2.20. The van der Waals surface area contributed by atoms with Crippen molar-refractivity contribution in [2.75, 3.05) is 0 Å². The molecule has 0 fully saturated rings. The summed E-state index contributed by atoms with van der Waals surface area (Å²) in [5, 5.41) is 0. The molecule has 1 aliphatic carbocycles. The Hall–Kier alpha value is -1.11. The number of ketones is 1. The van der Waals surface area contributed by atoms with Crippen LogP contribution in [0.2, 0.25) is 0 Å². The molecule has 1 heteroatoms. The lowest BCUT2D eigenvalue weighted by Gasteiger charge is -1.95. The zero-order valence-corrected chi connectivity index (χ0v) is 5.95. The van der Waals surface area contributed by atoms with Gasteiger partial charge < -0.3 is 0 Å². The SMILES string of the molecule is CC=CC(=O)C1C=CC=C1. The Bertz CT molecular complexity index is 197. The molecule has 0 heterocycles. The molecule has 1 rings (SSSR count). The van der Waals surface area contributed by atoms with Crippen LogP contribution in [0.4, 0.5) is 0 Å². The van der Waals surface area contributed by atoms with E-state index in [-0.39, 0.29) is 11.7 Å². The standard InChI is InChI=1S/C9H10O/c1-2-5-9(10)8-6-3-4-7-8/h2-8H,1H3. The Kier molecular flexibility index (Phi) is 2.21. The predicted molar refractivity (Wildman–Crippen MR) is 41.6 cm³/mol. The van der Waals surface area contributed by atoms with Crippen LogP contribution < -0.4 is 0 Å². The number of hydrogen-bond acceptors (Lipinski definition) is 1. The van der Waals surface area contributed by atoms with Crippen molar-refractivity contribution in [2.24, 2.45) is 5.92 Å². The third kappa shape index (κ3) is 1.44. The first kappa shape index (κ1) is 7.00. The Balaban J connectivity index is 2.58. The van der Waals surface area contributed by atoms with Gasteiger partial charge in [0.05, 0.1) is 5.92 Å². The summed E-state index contributed by atoms with van der Waals surface area (Å²) in [4.78, 5) is 11.1. The van der Waals surface area contributed by atoms with Gasteiger partial charge in [0.15, 0.2) is 5.78 Å². The summed E-state index contributed by atoms with van der Waals surface area (Å²) in [6, 6.07) is 0. The molecule has 1 aliphatic rings. The van der Waals surface area contributed by atoms with E-state index in [1.54, 1.807) is 12.2 Å². The van der Waals surface area contributed by atoms with Gasteiger partial charge in [0.2, 0.25) is 0 Å². The number of carbonyl (C=O) groups excluding carboxylic acids is 1. The average molecular weight is 134 g/mol. The third-order valence-corrected chi connectivity index (χ3v) is 1.41. The van der Waals surface area contributed by atoms with Crippen LogP contribution in [0.3, 0.4) is 0 Å². The molecule has 0 aliphatic heterocycles. The van der Waals surface area contributed by atoms with Crippen LogP contribution in [0.15, 0.2) is 36.5 Å². The maximum Gasteiger partial charge on any atom is 0.165 e. The van der Waals surface area contributed by atoms with Crippen LogP contribution in [0.5, 0.6) is 0 Å². The van der Waals surface area contributed by atoms with E-state index in [2.05, 4.69) is 0 Å². The molecule has 0 N–H and O–H groups in total. The number of hydrogen-bond donors (Lipinski definition) is 0. The normalized spacial score (nSPS) is 17.3. The van der Waals surface area contributed by atoms with E-state index in [1.807, 2.05) is 31.2 Å². The lowest BCUT2D eigenvalue weighted by atomic mass is 10.1. The quantitative estimate of drug-likeness (QED) is 0.527. The molecule has 0 aromatic carbocycles. The van der Waals surface area contributed by atoms with Crippen LogP contribution in [-0.4, -0.2) is 5.78 Å². The van der Waals surface area contributed by atoms with E-state index in [0.29, 0.717) is 0 Å². The minimum Gasteiger partial charge on any atom is -0.294 e. The summed E-state index contributed by atoms with van der Waals surface area (Å²) in [6.07, 6.45) is 10.9. The predicted octanol–water partition coefficient (Wildman–Crippen LogP) is 1.87. The summed E-state index contributed by atoms with van der Waals surface area (Å²) in [5.41, 5.74) is 0. The molecule has 0 aromatic heterocycles. The molecule has 0 radical (unpaired) electrons. The highest BCUT2D eigenvalue weighted by molar-refractivity contribution is 5.94. The highest BCUT2D eigenvalue weighted by Gasteiger charge is 2.09. The first-order chi connectivity index (χ1) is 4.84. The fraction of sp³-hybridized carbons (Fsp3) is 0.222. The summed E-state index contributed by atoms with van der Waals surface area (Å²) >= 11 is 0. The maximum absolute atomic E-state index is 11.1. The van der Waals surface area contributed by atoms with E-state index in [4.69, 9.17) is 0 Å². The zero-order valence-electron chi connectivity index (χ0n) is 5.95. The topological polar surface area (TPSA) is 17.1 Å². The van der Waals surface area contributed by atoms with Gasteiger partial charge in [-0.15, -0.1) is 0 Å². The van der Waals surface area contributed by atoms with Gasteiger partial charge in [-0.3, -0.25) is 4.79 Å². The molecule has 52 valence electrons. The van der Waals surface area contributed by atoms with Gasteiger partial charge in [-0.1, -0.05) is 30.4 Å². The lowest BCUT2D eigenvalue weighted by Crippen LogP contribution is -2.03. The highest BCUT2D eigenvalue weighted by atomic mass is 16.1. The van der Waals surface area contributed by atoms with Gasteiger partial charge in [-0.25, -0.2) is 0 Å². The summed E-state index contributed by atoms with van der Waals surface area (Å²) in [5.74, 6) is 0.156. The fourth-order valence-corrected chi connectivity index (χ4v) is 0.897. The number of allylic oxidation sites excluding steroid dienone is 6. The van der Waals surface area contributed by atoms with Crippen LogP contribution in [0, 0.1) is 5.92 Å². The van der Waals surface area contributed by atoms with Crippen molar-refractivity contribution in [3.8, 4) is 0 Å². The highest BCUT2D eigenvalue weighted by Crippen LogP contribution is 2.09. The van der Waals surface area contributed by atoms with Crippen molar-refractivity contribution >= 4 is 5.78 Å². The largest absolute Gasteiger partial charge is 0.294 e. The third-order valence-electron chi connectivity index (χ3n) is 1.41. The molecule has 0 atom stereocenters.